The van der Waals surface area contributed by atoms with Crippen LogP contribution in [0.2, 0.25) is 0 Å². The van der Waals surface area contributed by atoms with Crippen molar-refractivity contribution in [2.45, 2.75) is 20.8 Å². The van der Waals surface area contributed by atoms with Crippen molar-refractivity contribution in [3.05, 3.63) is 126 Å². The van der Waals surface area contributed by atoms with Crippen molar-refractivity contribution < 1.29 is 4.79 Å². The molecule has 0 atom stereocenters. The topological polar surface area (TPSA) is 64.2 Å². The van der Waals surface area contributed by atoms with Crippen LogP contribution in [0.25, 0.3) is 22.6 Å². The standard InChI is InChI=1S/C30H27N5O/c1-21-11-16-29(24-8-5-4-6-9-24)35(21)27-14-12-25(13-15-27)30(36)33-32-19-26-18-22(2)34(23(26)3)28-10-7-17-31-20-28/h4-20H,1-3H3,(H,33,36)/b32-19+. The number of hydrazone groups is 1. The van der Waals surface area contributed by atoms with Gasteiger partial charge in [-0.15, -0.1) is 0 Å². The molecule has 0 aliphatic rings. The number of aromatic nitrogens is 3. The zero-order chi connectivity index (χ0) is 25.1. The average molecular weight is 474 g/mol. The summed E-state index contributed by atoms with van der Waals surface area (Å²) in [6.07, 6.45) is 5.26. The Balaban J connectivity index is 1.31. The van der Waals surface area contributed by atoms with E-state index in [2.05, 4.69) is 55.8 Å². The van der Waals surface area contributed by atoms with Gasteiger partial charge in [-0.2, -0.15) is 5.10 Å². The predicted molar refractivity (Wildman–Crippen MR) is 144 cm³/mol. The highest BCUT2D eigenvalue weighted by molar-refractivity contribution is 5.95. The first-order chi connectivity index (χ1) is 17.5. The van der Waals surface area contributed by atoms with Crippen LogP contribution in [0.15, 0.2) is 102 Å². The molecular formula is C30H27N5O. The van der Waals surface area contributed by atoms with E-state index in [9.17, 15) is 4.79 Å². The monoisotopic (exact) mass is 473 g/mol. The Labute approximate surface area is 210 Å². The molecule has 0 aliphatic carbocycles. The van der Waals surface area contributed by atoms with Gasteiger partial charge < -0.3 is 9.13 Å². The van der Waals surface area contributed by atoms with Gasteiger partial charge in [0, 0.05) is 40.1 Å². The van der Waals surface area contributed by atoms with Gasteiger partial charge in [-0.3, -0.25) is 9.78 Å². The number of nitrogens with zero attached hydrogens (tertiary/aromatic N) is 4. The van der Waals surface area contributed by atoms with Crippen LogP contribution in [0.1, 0.15) is 33.0 Å². The Morgan fingerprint density at radius 2 is 1.61 bits per heavy atom. The van der Waals surface area contributed by atoms with Gasteiger partial charge in [0.2, 0.25) is 0 Å². The SMILES string of the molecule is Cc1ccc(-c2ccccc2)n1-c1ccc(C(=O)N/N=C/c2cc(C)n(-c3cccnc3)c2C)cc1. The Kier molecular flexibility index (Phi) is 6.33. The van der Waals surface area contributed by atoms with E-state index in [1.165, 1.54) is 0 Å². The van der Waals surface area contributed by atoms with Gasteiger partial charge in [-0.05, 0) is 80.9 Å². The van der Waals surface area contributed by atoms with Gasteiger partial charge in [-0.25, -0.2) is 5.43 Å². The van der Waals surface area contributed by atoms with Crippen LogP contribution >= 0.6 is 0 Å². The van der Waals surface area contributed by atoms with Crippen molar-refractivity contribution in [2.24, 2.45) is 5.10 Å². The van der Waals surface area contributed by atoms with E-state index in [-0.39, 0.29) is 5.91 Å². The van der Waals surface area contributed by atoms with Crippen LogP contribution in [-0.4, -0.2) is 26.2 Å². The van der Waals surface area contributed by atoms with Crippen molar-refractivity contribution in [1.82, 2.24) is 19.5 Å². The van der Waals surface area contributed by atoms with E-state index in [0.717, 1.165) is 45.3 Å². The number of pyridine rings is 1. The molecular weight excluding hydrogens is 446 g/mol. The van der Waals surface area contributed by atoms with Crippen molar-refractivity contribution in [3.8, 4) is 22.6 Å². The molecule has 0 unspecified atom stereocenters. The molecule has 6 heteroatoms. The summed E-state index contributed by atoms with van der Waals surface area (Å²) in [6, 6.07) is 28.0. The molecule has 0 aliphatic heterocycles. The van der Waals surface area contributed by atoms with Gasteiger partial charge in [0.15, 0.2) is 0 Å². The third-order valence-corrected chi connectivity index (χ3v) is 6.28. The summed E-state index contributed by atoms with van der Waals surface area (Å²) in [6.45, 7) is 6.13. The summed E-state index contributed by atoms with van der Waals surface area (Å²) in [4.78, 5) is 16.9. The number of hydrogen-bond donors (Lipinski definition) is 1. The summed E-state index contributed by atoms with van der Waals surface area (Å²) >= 11 is 0. The number of carbonyl (C=O) groups excluding carboxylic acids is 1. The molecule has 0 bridgehead atoms. The lowest BCUT2D eigenvalue weighted by Crippen LogP contribution is -2.17. The van der Waals surface area contributed by atoms with Crippen LogP contribution in [-0.2, 0) is 0 Å². The third-order valence-electron chi connectivity index (χ3n) is 6.28. The first-order valence-electron chi connectivity index (χ1n) is 11.8. The fourth-order valence-corrected chi connectivity index (χ4v) is 4.50. The Morgan fingerprint density at radius 1 is 0.833 bits per heavy atom. The van der Waals surface area contributed by atoms with Crippen LogP contribution in [0.5, 0.6) is 0 Å². The molecule has 5 rings (SSSR count). The summed E-state index contributed by atoms with van der Waals surface area (Å²) in [5.74, 6) is -0.258. The fraction of sp³-hybridized carbons (Fsp3) is 0.100. The smallest absolute Gasteiger partial charge is 0.271 e. The molecule has 0 saturated carbocycles. The van der Waals surface area contributed by atoms with Gasteiger partial charge in [0.05, 0.1) is 23.8 Å². The Hall–Kier alpha value is -4.71. The van der Waals surface area contributed by atoms with Crippen molar-refractivity contribution in [3.63, 3.8) is 0 Å². The zero-order valence-electron chi connectivity index (χ0n) is 20.5. The van der Waals surface area contributed by atoms with Crippen LogP contribution in [0, 0.1) is 20.8 Å². The summed E-state index contributed by atoms with van der Waals surface area (Å²) in [5.41, 5.74) is 11.6. The normalized spacial score (nSPS) is 11.2. The van der Waals surface area contributed by atoms with E-state index in [1.54, 1.807) is 12.4 Å². The minimum atomic E-state index is -0.258. The zero-order valence-corrected chi connectivity index (χ0v) is 20.5. The van der Waals surface area contributed by atoms with Crippen molar-refractivity contribution >= 4 is 12.1 Å². The van der Waals surface area contributed by atoms with Gasteiger partial charge >= 0.3 is 0 Å². The average Bonchev–Trinajstić information content (AvgIpc) is 3.43. The third kappa shape index (κ3) is 4.49. The molecule has 5 aromatic rings. The van der Waals surface area contributed by atoms with Gasteiger partial charge in [-0.1, -0.05) is 30.3 Å². The second kappa shape index (κ2) is 9.88. The van der Waals surface area contributed by atoms with E-state index < -0.39 is 0 Å². The number of carbonyl (C=O) groups is 1. The van der Waals surface area contributed by atoms with Gasteiger partial charge in [0.1, 0.15) is 0 Å². The second-order valence-corrected chi connectivity index (χ2v) is 8.68. The molecule has 3 heterocycles. The summed E-state index contributed by atoms with van der Waals surface area (Å²) in [7, 11) is 0. The summed E-state index contributed by atoms with van der Waals surface area (Å²) in [5, 5.41) is 4.21. The number of aryl methyl sites for hydroxylation is 2. The highest BCUT2D eigenvalue weighted by Crippen LogP contribution is 2.26. The lowest BCUT2D eigenvalue weighted by atomic mass is 10.1. The van der Waals surface area contributed by atoms with E-state index in [1.807, 2.05) is 80.7 Å². The second-order valence-electron chi connectivity index (χ2n) is 8.68. The molecule has 0 spiro atoms. The Morgan fingerprint density at radius 3 is 2.33 bits per heavy atom. The van der Waals surface area contributed by atoms with E-state index in [4.69, 9.17) is 0 Å². The minimum Gasteiger partial charge on any atom is -0.316 e. The number of amides is 1. The minimum absolute atomic E-state index is 0.258. The number of rotatable bonds is 6. The molecule has 0 saturated heterocycles. The first-order valence-corrected chi connectivity index (χ1v) is 11.8. The summed E-state index contributed by atoms with van der Waals surface area (Å²) < 4.78 is 4.30. The maximum atomic E-state index is 12.7. The van der Waals surface area contributed by atoms with Crippen molar-refractivity contribution in [2.75, 3.05) is 0 Å². The van der Waals surface area contributed by atoms with Gasteiger partial charge in [0.25, 0.3) is 5.91 Å². The first kappa shape index (κ1) is 23.1. The lowest BCUT2D eigenvalue weighted by Gasteiger charge is -2.12. The van der Waals surface area contributed by atoms with Crippen LogP contribution in [0.4, 0.5) is 0 Å². The molecule has 1 N–H and O–H groups in total. The molecule has 6 nitrogen and oxygen atoms in total. The van der Waals surface area contributed by atoms with E-state index in [0.29, 0.717) is 5.56 Å². The number of hydrogen-bond acceptors (Lipinski definition) is 3. The number of benzene rings is 2. The molecule has 178 valence electrons. The molecule has 36 heavy (non-hydrogen) atoms. The molecule has 0 fully saturated rings. The Bertz CT molecular complexity index is 1530. The quantitative estimate of drug-likeness (QED) is 0.242. The molecule has 1 amide bonds. The molecule has 2 aromatic carbocycles. The number of nitrogens with one attached hydrogen (secondary N) is 1. The highest BCUT2D eigenvalue weighted by Gasteiger charge is 2.12. The highest BCUT2D eigenvalue weighted by atomic mass is 16.2. The maximum Gasteiger partial charge on any atom is 0.271 e. The van der Waals surface area contributed by atoms with Crippen LogP contribution < -0.4 is 5.43 Å². The molecule has 0 radical (unpaired) electrons. The fourth-order valence-electron chi connectivity index (χ4n) is 4.50. The lowest BCUT2D eigenvalue weighted by molar-refractivity contribution is 0.0955. The molecule has 3 aromatic heterocycles. The maximum absolute atomic E-state index is 12.7. The van der Waals surface area contributed by atoms with Crippen molar-refractivity contribution in [1.29, 1.82) is 0 Å². The largest absolute Gasteiger partial charge is 0.316 e. The predicted octanol–water partition coefficient (Wildman–Crippen LogP) is 6.02. The van der Waals surface area contributed by atoms with E-state index >= 15 is 0 Å². The van der Waals surface area contributed by atoms with Crippen LogP contribution in [0.3, 0.4) is 0 Å².